The molecule has 8 heteroatoms. The summed E-state index contributed by atoms with van der Waals surface area (Å²) in [6.07, 6.45) is 4.39. The number of aryl methyl sites for hydroxylation is 1. The summed E-state index contributed by atoms with van der Waals surface area (Å²) in [6.45, 7) is 1.76. The van der Waals surface area contributed by atoms with E-state index in [1.807, 2.05) is 0 Å². The van der Waals surface area contributed by atoms with Gasteiger partial charge < -0.3 is 9.87 Å². The Balaban J connectivity index is 2.11. The highest BCUT2D eigenvalue weighted by Crippen LogP contribution is 2.31. The lowest BCUT2D eigenvalue weighted by Crippen LogP contribution is -2.16. The van der Waals surface area contributed by atoms with Gasteiger partial charge in [-0.3, -0.25) is 9.78 Å². The number of thiazole rings is 1. The van der Waals surface area contributed by atoms with Gasteiger partial charge in [0, 0.05) is 11.8 Å². The van der Waals surface area contributed by atoms with Crippen molar-refractivity contribution in [2.45, 2.75) is 13.3 Å². The lowest BCUT2D eigenvalue weighted by Gasteiger charge is -2.05. The highest BCUT2D eigenvalue weighted by atomic mass is 32.2. The molecule has 0 spiro atoms. The Morgan fingerprint density at radius 2 is 2.29 bits per heavy atom. The third kappa shape index (κ3) is 4.48. The first kappa shape index (κ1) is 15.9. The first-order valence-corrected chi connectivity index (χ1v) is 8.68. The maximum Gasteiger partial charge on any atom is 0.229 e. The van der Waals surface area contributed by atoms with Gasteiger partial charge in [0.1, 0.15) is 21.6 Å². The Bertz CT molecular complexity index is 646. The summed E-state index contributed by atoms with van der Waals surface area (Å²) in [7, 11) is 0. The Hall–Kier alpha value is -1.51. The molecule has 0 aliphatic carbocycles. The second-order valence-electron chi connectivity index (χ2n) is 4.40. The largest absolute Gasteiger partial charge is 0.617 e. The van der Waals surface area contributed by atoms with Crippen molar-refractivity contribution in [2.24, 2.45) is 0 Å². The van der Waals surface area contributed by atoms with Crippen molar-refractivity contribution >= 4 is 33.4 Å². The van der Waals surface area contributed by atoms with Crippen LogP contribution in [0.3, 0.4) is 0 Å². The van der Waals surface area contributed by atoms with E-state index in [1.165, 1.54) is 23.6 Å². The van der Waals surface area contributed by atoms with E-state index in [1.54, 1.807) is 13.2 Å². The van der Waals surface area contributed by atoms with E-state index >= 15 is 0 Å². The van der Waals surface area contributed by atoms with Gasteiger partial charge in [0.05, 0.1) is 24.6 Å². The van der Waals surface area contributed by atoms with Gasteiger partial charge in [-0.05, 0) is 13.0 Å². The van der Waals surface area contributed by atoms with Crippen LogP contribution in [0.2, 0.25) is 0 Å². The van der Waals surface area contributed by atoms with Crippen molar-refractivity contribution in [2.75, 3.05) is 17.3 Å². The molecule has 5 nitrogen and oxygen atoms in total. The van der Waals surface area contributed by atoms with E-state index in [0.717, 1.165) is 6.20 Å². The minimum Gasteiger partial charge on any atom is -0.617 e. The number of carbonyl (C=O) groups excluding carboxylic acids is 1. The molecule has 1 amide bonds. The molecular weight excluding hydrogens is 313 g/mol. The standard InChI is InChI=1S/C13H14FN3O2S2/c1-8-12(17-11(18)3-4-21(2)19)20-13(16-8)9-5-10(14)7-15-6-9/h5-7H,3-4H2,1-2H3,(H,17,18). The predicted octanol–water partition coefficient (Wildman–Crippen LogP) is 2.36. The molecule has 2 aromatic rings. The van der Waals surface area contributed by atoms with Gasteiger partial charge in [-0.1, -0.05) is 22.5 Å². The average Bonchev–Trinajstić information content (AvgIpc) is 2.78. The summed E-state index contributed by atoms with van der Waals surface area (Å²) in [5.41, 5.74) is 1.23. The molecule has 0 saturated carbocycles. The Morgan fingerprint density at radius 3 is 2.95 bits per heavy atom. The zero-order valence-electron chi connectivity index (χ0n) is 11.6. The Labute approximate surface area is 128 Å². The maximum atomic E-state index is 13.2. The summed E-state index contributed by atoms with van der Waals surface area (Å²) < 4.78 is 24.1. The number of pyridine rings is 1. The molecule has 2 heterocycles. The summed E-state index contributed by atoms with van der Waals surface area (Å²) in [6, 6.07) is 1.34. The van der Waals surface area contributed by atoms with Gasteiger partial charge in [-0.15, -0.1) is 0 Å². The van der Waals surface area contributed by atoms with E-state index in [9.17, 15) is 13.7 Å². The quantitative estimate of drug-likeness (QED) is 0.855. The van der Waals surface area contributed by atoms with Crippen LogP contribution < -0.4 is 5.32 Å². The number of hydrogen-bond acceptors (Lipinski definition) is 5. The third-order valence-electron chi connectivity index (χ3n) is 2.62. The summed E-state index contributed by atoms with van der Waals surface area (Å²) in [5, 5.41) is 3.94. The van der Waals surface area contributed by atoms with Crippen molar-refractivity contribution in [3.05, 3.63) is 30.0 Å². The number of aromatic nitrogens is 2. The number of halogens is 1. The third-order valence-corrected chi connectivity index (χ3v) is 4.52. The van der Waals surface area contributed by atoms with E-state index in [2.05, 4.69) is 15.3 Å². The smallest absolute Gasteiger partial charge is 0.229 e. The van der Waals surface area contributed by atoms with Crippen LogP contribution >= 0.6 is 11.3 Å². The zero-order valence-corrected chi connectivity index (χ0v) is 13.2. The van der Waals surface area contributed by atoms with Crippen LogP contribution in [0.1, 0.15) is 12.1 Å². The molecule has 2 aromatic heterocycles. The molecule has 112 valence electrons. The fourth-order valence-electron chi connectivity index (χ4n) is 1.59. The van der Waals surface area contributed by atoms with Crippen LogP contribution in [-0.2, 0) is 16.0 Å². The molecule has 0 radical (unpaired) electrons. The number of carbonyl (C=O) groups is 1. The number of anilines is 1. The number of amides is 1. The van der Waals surface area contributed by atoms with Crippen molar-refractivity contribution in [1.82, 2.24) is 9.97 Å². The van der Waals surface area contributed by atoms with E-state index < -0.39 is 17.0 Å². The van der Waals surface area contributed by atoms with Crippen molar-refractivity contribution < 1.29 is 13.7 Å². The second kappa shape index (κ2) is 6.97. The fourth-order valence-corrected chi connectivity index (χ4v) is 3.03. The topological polar surface area (TPSA) is 77.9 Å². The SMILES string of the molecule is Cc1nc(-c2cncc(F)c2)sc1NC(=O)CC[S+](C)[O-]. The van der Waals surface area contributed by atoms with Crippen molar-refractivity contribution in [3.8, 4) is 10.6 Å². The highest BCUT2D eigenvalue weighted by molar-refractivity contribution is 7.90. The molecule has 0 aliphatic heterocycles. The Morgan fingerprint density at radius 1 is 1.52 bits per heavy atom. The average molecular weight is 327 g/mol. The lowest BCUT2D eigenvalue weighted by atomic mass is 10.3. The summed E-state index contributed by atoms with van der Waals surface area (Å²) in [4.78, 5) is 19.8. The van der Waals surface area contributed by atoms with Gasteiger partial charge in [-0.25, -0.2) is 9.37 Å². The van der Waals surface area contributed by atoms with Crippen LogP contribution in [0.15, 0.2) is 18.5 Å². The minimum absolute atomic E-state index is 0.192. The van der Waals surface area contributed by atoms with Gasteiger partial charge in [0.25, 0.3) is 0 Å². The van der Waals surface area contributed by atoms with Gasteiger partial charge in [0.2, 0.25) is 5.91 Å². The van der Waals surface area contributed by atoms with E-state index in [0.29, 0.717) is 27.0 Å². The molecule has 0 aliphatic rings. The first-order valence-electron chi connectivity index (χ1n) is 6.14. The van der Waals surface area contributed by atoms with Crippen LogP contribution in [0.4, 0.5) is 9.39 Å². The molecule has 0 aromatic carbocycles. The predicted molar refractivity (Wildman–Crippen MR) is 82.2 cm³/mol. The van der Waals surface area contributed by atoms with Crippen LogP contribution in [0, 0.1) is 12.7 Å². The molecule has 0 fully saturated rings. The molecule has 2 rings (SSSR count). The van der Waals surface area contributed by atoms with Gasteiger partial charge >= 0.3 is 0 Å². The minimum atomic E-state index is -1.000. The highest BCUT2D eigenvalue weighted by Gasteiger charge is 2.13. The van der Waals surface area contributed by atoms with Crippen molar-refractivity contribution in [3.63, 3.8) is 0 Å². The van der Waals surface area contributed by atoms with E-state index in [4.69, 9.17) is 0 Å². The molecule has 1 atom stereocenters. The van der Waals surface area contributed by atoms with E-state index in [-0.39, 0.29) is 12.3 Å². The van der Waals surface area contributed by atoms with Crippen LogP contribution in [0.25, 0.3) is 10.6 Å². The molecule has 0 bridgehead atoms. The monoisotopic (exact) mass is 327 g/mol. The summed E-state index contributed by atoms with van der Waals surface area (Å²) >= 11 is 0.259. The van der Waals surface area contributed by atoms with Crippen LogP contribution in [-0.4, -0.2) is 32.4 Å². The lowest BCUT2D eigenvalue weighted by molar-refractivity contribution is -0.115. The Kier molecular flexibility index (Phi) is 5.27. The maximum absolute atomic E-state index is 13.2. The van der Waals surface area contributed by atoms with Crippen LogP contribution in [0.5, 0.6) is 0 Å². The molecule has 0 saturated heterocycles. The number of nitrogens with zero attached hydrogens (tertiary/aromatic N) is 2. The second-order valence-corrected chi connectivity index (χ2v) is 6.95. The molecule has 1 N–H and O–H groups in total. The zero-order chi connectivity index (χ0) is 15.4. The fraction of sp³-hybridized carbons (Fsp3) is 0.308. The molecule has 1 unspecified atom stereocenters. The van der Waals surface area contributed by atoms with Gasteiger partial charge in [0.15, 0.2) is 0 Å². The molecular formula is C13H14FN3O2S2. The number of hydrogen-bond donors (Lipinski definition) is 1. The number of nitrogens with one attached hydrogen (secondary N) is 1. The normalized spacial score (nSPS) is 12.2. The molecule has 21 heavy (non-hydrogen) atoms. The van der Waals surface area contributed by atoms with Gasteiger partial charge in [-0.2, -0.15) is 0 Å². The summed E-state index contributed by atoms with van der Waals surface area (Å²) in [5.74, 6) is -0.318. The number of rotatable bonds is 5. The first-order chi connectivity index (χ1) is 9.95. The van der Waals surface area contributed by atoms with Crippen molar-refractivity contribution in [1.29, 1.82) is 0 Å².